The maximum absolute atomic E-state index is 12.3. The van der Waals surface area contributed by atoms with Gasteiger partial charge in [-0.3, -0.25) is 0 Å². The van der Waals surface area contributed by atoms with Crippen LogP contribution in [0.1, 0.15) is 17.5 Å². The smallest absolute Gasteiger partial charge is 0.343 e. The Kier molecular flexibility index (Phi) is 4.04. The largest absolute Gasteiger partial charge is 0.416 e. The van der Waals surface area contributed by atoms with Gasteiger partial charge in [0.1, 0.15) is 0 Å². The Balaban J connectivity index is 1.91. The minimum atomic E-state index is -4.29. The van der Waals surface area contributed by atoms with Gasteiger partial charge in [0.05, 0.1) is 18.8 Å². The number of hydrogen-bond donors (Lipinski definition) is 0. The maximum atomic E-state index is 12.3. The summed E-state index contributed by atoms with van der Waals surface area (Å²) in [5.74, 6) is 0. The number of alkyl halides is 3. The molecule has 18 heavy (non-hydrogen) atoms. The summed E-state index contributed by atoms with van der Waals surface area (Å²) in [6.45, 7) is 1.12. The molecule has 0 bridgehead atoms. The van der Waals surface area contributed by atoms with Crippen molar-refractivity contribution in [2.45, 2.75) is 12.6 Å². The first-order valence-electron chi connectivity index (χ1n) is 5.51. The van der Waals surface area contributed by atoms with Crippen molar-refractivity contribution in [2.24, 2.45) is 0 Å². The minimum Gasteiger partial charge on any atom is -0.343 e. The first kappa shape index (κ1) is 13.1. The lowest BCUT2D eigenvalue weighted by atomic mass is 10.1. The molecule has 2 nitrogen and oxygen atoms in total. The lowest BCUT2D eigenvalue weighted by molar-refractivity contribution is -0.137. The summed E-state index contributed by atoms with van der Waals surface area (Å²) < 4.78 is 47.3. The molecular weight excluding hydrogens is 245 g/mol. The van der Waals surface area contributed by atoms with E-state index >= 15 is 0 Å². The van der Waals surface area contributed by atoms with E-state index in [4.69, 9.17) is 9.47 Å². The van der Waals surface area contributed by atoms with Crippen LogP contribution in [0.5, 0.6) is 0 Å². The van der Waals surface area contributed by atoms with Gasteiger partial charge in [-0.25, -0.2) is 0 Å². The van der Waals surface area contributed by atoms with E-state index in [-0.39, 0.29) is 0 Å². The summed E-state index contributed by atoms with van der Waals surface area (Å²) in [4.78, 5) is 0. The van der Waals surface area contributed by atoms with Crippen molar-refractivity contribution in [3.63, 3.8) is 0 Å². The second-order valence-electron chi connectivity index (χ2n) is 3.80. The summed E-state index contributed by atoms with van der Waals surface area (Å²) in [7, 11) is 0. The Morgan fingerprint density at radius 1 is 1.06 bits per heavy atom. The van der Waals surface area contributed by atoms with Crippen LogP contribution in [-0.2, 0) is 15.7 Å². The fourth-order valence-electron chi connectivity index (χ4n) is 1.54. The molecule has 1 saturated heterocycles. The topological polar surface area (TPSA) is 18.5 Å². The molecule has 0 amide bonds. The number of rotatable bonds is 3. The van der Waals surface area contributed by atoms with Crippen molar-refractivity contribution in [1.29, 1.82) is 0 Å². The van der Waals surface area contributed by atoms with Crippen molar-refractivity contribution in [3.05, 3.63) is 47.8 Å². The van der Waals surface area contributed by atoms with Crippen LogP contribution in [0, 0.1) is 6.29 Å². The average Bonchev–Trinajstić information content (AvgIpc) is 2.82. The Morgan fingerprint density at radius 3 is 2.22 bits per heavy atom. The van der Waals surface area contributed by atoms with Crippen LogP contribution in [0.25, 0.3) is 6.08 Å². The number of halogens is 3. The van der Waals surface area contributed by atoms with Crippen molar-refractivity contribution < 1.29 is 22.6 Å². The van der Waals surface area contributed by atoms with Crippen LogP contribution in [0.2, 0.25) is 0 Å². The molecule has 0 atom stereocenters. The highest BCUT2D eigenvalue weighted by Crippen LogP contribution is 2.29. The maximum Gasteiger partial charge on any atom is 0.416 e. The van der Waals surface area contributed by atoms with Crippen molar-refractivity contribution in [1.82, 2.24) is 0 Å². The van der Waals surface area contributed by atoms with Crippen LogP contribution < -0.4 is 0 Å². The highest BCUT2D eigenvalue weighted by molar-refractivity contribution is 5.50. The van der Waals surface area contributed by atoms with Crippen LogP contribution in [0.4, 0.5) is 13.2 Å². The molecule has 1 aromatic carbocycles. The molecule has 1 fully saturated rings. The third-order valence-corrected chi connectivity index (χ3v) is 2.44. The van der Waals surface area contributed by atoms with Gasteiger partial charge >= 0.3 is 6.18 Å². The Morgan fingerprint density at radius 2 is 1.67 bits per heavy atom. The van der Waals surface area contributed by atoms with Gasteiger partial charge < -0.3 is 9.47 Å². The fourth-order valence-corrected chi connectivity index (χ4v) is 1.54. The molecule has 1 aromatic rings. The predicted octanol–water partition coefficient (Wildman–Crippen LogP) is 3.64. The average molecular weight is 257 g/mol. The normalized spacial score (nSPS) is 17.7. The Bertz CT molecular complexity index is 403. The van der Waals surface area contributed by atoms with Crippen LogP contribution in [0.3, 0.4) is 0 Å². The molecule has 2 rings (SSSR count). The van der Waals surface area contributed by atoms with E-state index in [0.717, 1.165) is 12.1 Å². The van der Waals surface area contributed by atoms with Gasteiger partial charge in [-0.05, 0) is 17.7 Å². The van der Waals surface area contributed by atoms with E-state index in [2.05, 4.69) is 0 Å². The minimum absolute atomic E-state index is 0.515. The molecule has 0 aliphatic carbocycles. The third-order valence-electron chi connectivity index (χ3n) is 2.44. The molecule has 0 unspecified atom stereocenters. The van der Waals surface area contributed by atoms with Crippen LogP contribution in [0.15, 0.2) is 30.3 Å². The van der Waals surface area contributed by atoms with Gasteiger partial charge in [-0.15, -0.1) is 0 Å². The molecule has 0 N–H and O–H groups in total. The van der Waals surface area contributed by atoms with Gasteiger partial charge in [0.2, 0.25) is 6.29 Å². The van der Waals surface area contributed by atoms with Crippen molar-refractivity contribution >= 4 is 6.08 Å². The van der Waals surface area contributed by atoms with E-state index in [0.29, 0.717) is 31.5 Å². The predicted molar refractivity (Wildman–Crippen MR) is 60.2 cm³/mol. The molecule has 1 radical (unpaired) electrons. The van der Waals surface area contributed by atoms with Gasteiger partial charge in [-0.1, -0.05) is 24.3 Å². The van der Waals surface area contributed by atoms with Gasteiger partial charge in [0.25, 0.3) is 0 Å². The second-order valence-corrected chi connectivity index (χ2v) is 3.80. The molecule has 1 aliphatic rings. The summed E-state index contributed by atoms with van der Waals surface area (Å²) in [6, 6.07) is 4.99. The summed E-state index contributed by atoms with van der Waals surface area (Å²) in [6.07, 6.45) is 0.310. The van der Waals surface area contributed by atoms with E-state index in [1.54, 1.807) is 12.2 Å². The Hall–Kier alpha value is -1.33. The molecular formula is C13H12F3O2. The Labute approximate surface area is 103 Å². The fraction of sp³-hybridized carbons (Fsp3) is 0.308. The van der Waals surface area contributed by atoms with Gasteiger partial charge in [0, 0.05) is 6.42 Å². The van der Waals surface area contributed by atoms with Crippen molar-refractivity contribution in [2.75, 3.05) is 13.2 Å². The first-order chi connectivity index (χ1) is 8.55. The van der Waals surface area contributed by atoms with E-state index in [1.807, 2.05) is 0 Å². The molecule has 0 saturated carbocycles. The lowest BCUT2D eigenvalue weighted by Gasteiger charge is -2.06. The number of benzene rings is 1. The zero-order valence-electron chi connectivity index (χ0n) is 9.54. The summed E-state index contributed by atoms with van der Waals surface area (Å²) in [5, 5.41) is 0. The molecule has 97 valence electrons. The quantitative estimate of drug-likeness (QED) is 0.823. The van der Waals surface area contributed by atoms with E-state index < -0.39 is 11.7 Å². The van der Waals surface area contributed by atoms with Gasteiger partial charge in [0.15, 0.2) is 0 Å². The molecule has 1 aliphatic heterocycles. The van der Waals surface area contributed by atoms with Gasteiger partial charge in [-0.2, -0.15) is 13.2 Å². The summed E-state index contributed by atoms with van der Waals surface area (Å²) in [5.41, 5.74) is 0.0677. The highest BCUT2D eigenvalue weighted by atomic mass is 19.4. The molecule has 5 heteroatoms. The molecule has 0 spiro atoms. The zero-order valence-corrected chi connectivity index (χ0v) is 9.54. The standard InChI is InChI=1S/C13H12F3O2/c14-13(15,16)11-6-4-10(5-7-11)2-1-3-12-17-8-9-18-12/h1-2,4-7H,3,8-9H2. The van der Waals surface area contributed by atoms with Crippen LogP contribution in [-0.4, -0.2) is 13.2 Å². The third kappa shape index (κ3) is 3.58. The lowest BCUT2D eigenvalue weighted by Crippen LogP contribution is -2.03. The summed E-state index contributed by atoms with van der Waals surface area (Å²) >= 11 is 0. The monoisotopic (exact) mass is 257 g/mol. The van der Waals surface area contributed by atoms with Crippen molar-refractivity contribution in [3.8, 4) is 0 Å². The molecule has 0 aromatic heterocycles. The zero-order chi connectivity index (χ0) is 13.0. The molecule has 1 heterocycles. The number of hydrogen-bond acceptors (Lipinski definition) is 2. The number of ether oxygens (including phenoxy) is 2. The van der Waals surface area contributed by atoms with E-state index in [1.165, 1.54) is 12.1 Å². The first-order valence-corrected chi connectivity index (χ1v) is 5.51. The highest BCUT2D eigenvalue weighted by Gasteiger charge is 2.29. The second kappa shape index (κ2) is 5.54. The SMILES string of the molecule is FC(F)(F)c1ccc(C=CC[C]2OCCO2)cc1. The van der Waals surface area contributed by atoms with E-state index in [9.17, 15) is 13.2 Å². The van der Waals surface area contributed by atoms with Crippen LogP contribution >= 0.6 is 0 Å².